The van der Waals surface area contributed by atoms with Gasteiger partial charge in [-0.15, -0.1) is 11.3 Å². The highest BCUT2D eigenvalue weighted by molar-refractivity contribution is 7.20. The summed E-state index contributed by atoms with van der Waals surface area (Å²) in [6, 6.07) is 21.3. The number of nitrogens with one attached hydrogen (secondary N) is 1. The molecule has 166 valence electrons. The van der Waals surface area contributed by atoms with Gasteiger partial charge < -0.3 is 9.47 Å². The van der Waals surface area contributed by atoms with E-state index in [4.69, 9.17) is 9.47 Å². The monoisotopic (exact) mass is 461 g/mol. The minimum absolute atomic E-state index is 0.0181. The number of rotatable bonds is 8. The van der Waals surface area contributed by atoms with Crippen molar-refractivity contribution in [2.75, 3.05) is 7.11 Å². The molecule has 0 aliphatic rings. The van der Waals surface area contributed by atoms with Crippen molar-refractivity contribution in [3.8, 4) is 11.5 Å². The molecule has 0 saturated carbocycles. The Hall–Kier alpha value is -4.24. The average molecular weight is 461 g/mol. The van der Waals surface area contributed by atoms with Gasteiger partial charge in [0.2, 0.25) is 0 Å². The first-order chi connectivity index (χ1) is 16.0. The van der Waals surface area contributed by atoms with E-state index in [9.17, 15) is 14.9 Å². The van der Waals surface area contributed by atoms with Crippen molar-refractivity contribution < 1.29 is 19.2 Å². The van der Waals surface area contributed by atoms with Crippen molar-refractivity contribution in [2.45, 2.75) is 6.61 Å². The lowest BCUT2D eigenvalue weighted by atomic mass is 10.2. The zero-order valence-corrected chi connectivity index (χ0v) is 18.4. The second kappa shape index (κ2) is 9.92. The number of nitro benzene ring substituents is 1. The van der Waals surface area contributed by atoms with E-state index in [2.05, 4.69) is 10.5 Å². The van der Waals surface area contributed by atoms with Crippen LogP contribution >= 0.6 is 11.3 Å². The Bertz CT molecular complexity index is 1330. The van der Waals surface area contributed by atoms with Crippen molar-refractivity contribution in [1.82, 2.24) is 5.43 Å². The van der Waals surface area contributed by atoms with E-state index in [1.54, 1.807) is 37.4 Å². The molecule has 0 aliphatic carbocycles. The number of thiophene rings is 1. The number of carbonyl (C=O) groups is 1. The Morgan fingerprint density at radius 1 is 1.09 bits per heavy atom. The van der Waals surface area contributed by atoms with Crippen molar-refractivity contribution in [3.05, 3.63) is 98.9 Å². The predicted molar refractivity (Wildman–Crippen MR) is 127 cm³/mol. The van der Waals surface area contributed by atoms with Gasteiger partial charge in [-0.05, 0) is 41.5 Å². The first kappa shape index (κ1) is 22.0. The fourth-order valence-electron chi connectivity index (χ4n) is 3.10. The van der Waals surface area contributed by atoms with Crippen molar-refractivity contribution in [1.29, 1.82) is 0 Å². The fraction of sp³-hybridized carbons (Fsp3) is 0.0833. The van der Waals surface area contributed by atoms with Crippen LogP contribution in [-0.4, -0.2) is 24.2 Å². The van der Waals surface area contributed by atoms with Gasteiger partial charge in [-0.25, -0.2) is 5.43 Å². The number of methoxy groups -OCH3 is 1. The van der Waals surface area contributed by atoms with Crippen LogP contribution < -0.4 is 14.9 Å². The van der Waals surface area contributed by atoms with E-state index in [1.807, 2.05) is 30.3 Å². The topological polar surface area (TPSA) is 103 Å². The number of hydrazone groups is 1. The van der Waals surface area contributed by atoms with Gasteiger partial charge >= 0.3 is 0 Å². The Balaban J connectivity index is 1.40. The average Bonchev–Trinajstić information content (AvgIpc) is 3.27. The Labute approximate surface area is 193 Å². The van der Waals surface area contributed by atoms with Crippen LogP contribution in [0.4, 0.5) is 5.69 Å². The summed E-state index contributed by atoms with van der Waals surface area (Å²) in [5, 5.41) is 15.6. The quantitative estimate of drug-likeness (QED) is 0.222. The summed E-state index contributed by atoms with van der Waals surface area (Å²) in [4.78, 5) is 23.3. The molecule has 1 amide bonds. The number of amides is 1. The highest BCUT2D eigenvalue weighted by atomic mass is 32.1. The van der Waals surface area contributed by atoms with Crippen LogP contribution in [0.15, 0.2) is 77.9 Å². The summed E-state index contributed by atoms with van der Waals surface area (Å²) in [6.45, 7) is 0.416. The third-order valence-corrected chi connectivity index (χ3v) is 5.85. The molecular formula is C24H19N3O5S. The number of hydrogen-bond donors (Lipinski definition) is 1. The summed E-state index contributed by atoms with van der Waals surface area (Å²) in [7, 11) is 1.55. The second-order valence-electron chi connectivity index (χ2n) is 6.97. The maximum absolute atomic E-state index is 12.4. The normalized spacial score (nSPS) is 10.9. The third-order valence-electron chi connectivity index (χ3n) is 4.74. The molecule has 9 heteroatoms. The zero-order chi connectivity index (χ0) is 23.2. The first-order valence-corrected chi connectivity index (χ1v) is 10.7. The number of nitro groups is 1. The van der Waals surface area contributed by atoms with Crippen molar-refractivity contribution >= 4 is 39.2 Å². The van der Waals surface area contributed by atoms with Gasteiger partial charge in [-0.1, -0.05) is 30.3 Å². The highest BCUT2D eigenvalue weighted by Crippen LogP contribution is 2.29. The van der Waals surface area contributed by atoms with Gasteiger partial charge in [0.1, 0.15) is 6.61 Å². The van der Waals surface area contributed by atoms with Crippen LogP contribution in [-0.2, 0) is 6.61 Å². The van der Waals surface area contributed by atoms with Gasteiger partial charge in [0.05, 0.1) is 23.1 Å². The number of nitrogens with zero attached hydrogens (tertiary/aromatic N) is 2. The lowest BCUT2D eigenvalue weighted by molar-refractivity contribution is -0.384. The molecule has 4 aromatic rings. The molecule has 3 aromatic carbocycles. The summed E-state index contributed by atoms with van der Waals surface area (Å²) < 4.78 is 12.0. The van der Waals surface area contributed by atoms with Crippen LogP contribution in [0.2, 0.25) is 0 Å². The van der Waals surface area contributed by atoms with Crippen LogP contribution in [0.3, 0.4) is 0 Å². The lowest BCUT2D eigenvalue weighted by Crippen LogP contribution is -2.16. The summed E-state index contributed by atoms with van der Waals surface area (Å²) in [5.74, 6) is 0.749. The van der Waals surface area contributed by atoms with Gasteiger partial charge in [0.25, 0.3) is 11.6 Å². The molecule has 1 N–H and O–H groups in total. The first-order valence-electron chi connectivity index (χ1n) is 9.89. The summed E-state index contributed by atoms with van der Waals surface area (Å²) >= 11 is 1.24. The van der Waals surface area contributed by atoms with E-state index < -0.39 is 10.8 Å². The molecule has 0 atom stereocenters. The van der Waals surface area contributed by atoms with Gasteiger partial charge in [-0.2, -0.15) is 5.10 Å². The third kappa shape index (κ3) is 5.34. The Kier molecular flexibility index (Phi) is 6.61. The minimum Gasteiger partial charge on any atom is -0.493 e. The van der Waals surface area contributed by atoms with Crippen molar-refractivity contribution in [2.24, 2.45) is 5.10 Å². The fourth-order valence-corrected chi connectivity index (χ4v) is 4.03. The predicted octanol–water partition coefficient (Wildman–Crippen LogP) is 5.16. The Morgan fingerprint density at radius 3 is 2.67 bits per heavy atom. The van der Waals surface area contributed by atoms with Crippen LogP contribution in [0.5, 0.6) is 11.5 Å². The van der Waals surface area contributed by atoms with E-state index in [-0.39, 0.29) is 5.69 Å². The molecule has 0 spiro atoms. The zero-order valence-electron chi connectivity index (χ0n) is 17.6. The van der Waals surface area contributed by atoms with Crippen LogP contribution in [0.25, 0.3) is 10.1 Å². The largest absolute Gasteiger partial charge is 0.493 e. The molecule has 0 fully saturated rings. The van der Waals surface area contributed by atoms with Crippen LogP contribution in [0.1, 0.15) is 20.8 Å². The number of fused-ring (bicyclic) bond motifs is 1. The molecule has 0 bridgehead atoms. The molecule has 33 heavy (non-hydrogen) atoms. The Morgan fingerprint density at radius 2 is 1.91 bits per heavy atom. The molecule has 1 heterocycles. The maximum atomic E-state index is 12.4. The number of hydrogen-bond acceptors (Lipinski definition) is 7. The van der Waals surface area contributed by atoms with Crippen LogP contribution in [0, 0.1) is 10.1 Å². The van der Waals surface area contributed by atoms with Gasteiger partial charge in [-0.3, -0.25) is 14.9 Å². The molecule has 0 saturated heterocycles. The summed E-state index contributed by atoms with van der Waals surface area (Å²) in [6.07, 6.45) is 1.50. The van der Waals surface area contributed by atoms with E-state index >= 15 is 0 Å². The SMILES string of the molecule is COc1cc(C=NNC(=O)c2cc3cc([N+](=O)[O-])ccc3s2)ccc1OCc1ccccc1. The smallest absolute Gasteiger partial charge is 0.281 e. The lowest BCUT2D eigenvalue weighted by Gasteiger charge is -2.11. The molecule has 4 rings (SSSR count). The summed E-state index contributed by atoms with van der Waals surface area (Å²) in [5.41, 5.74) is 4.22. The number of carbonyl (C=O) groups excluding carboxylic acids is 1. The van der Waals surface area contributed by atoms with E-state index in [0.717, 1.165) is 10.3 Å². The molecular weight excluding hydrogens is 442 g/mol. The van der Waals surface area contributed by atoms with Gasteiger partial charge in [0, 0.05) is 22.2 Å². The molecule has 0 unspecified atom stereocenters. The highest BCUT2D eigenvalue weighted by Gasteiger charge is 2.13. The number of ether oxygens (including phenoxy) is 2. The number of non-ortho nitro benzene ring substituents is 1. The maximum Gasteiger partial charge on any atom is 0.281 e. The molecule has 0 radical (unpaired) electrons. The van der Waals surface area contributed by atoms with Gasteiger partial charge in [0.15, 0.2) is 11.5 Å². The van der Waals surface area contributed by atoms with E-state index in [0.29, 0.717) is 33.9 Å². The second-order valence-corrected chi connectivity index (χ2v) is 8.06. The van der Waals surface area contributed by atoms with Crippen molar-refractivity contribution in [3.63, 3.8) is 0 Å². The minimum atomic E-state index is -0.465. The van der Waals surface area contributed by atoms with E-state index in [1.165, 1.54) is 29.7 Å². The number of benzene rings is 3. The standard InChI is InChI=1S/C24H19N3O5S/c1-31-21-11-17(7-9-20(21)32-15-16-5-3-2-4-6-16)14-25-26-24(28)23-13-18-12-19(27(29)30)8-10-22(18)33-23/h2-14H,15H2,1H3,(H,26,28). The molecule has 8 nitrogen and oxygen atoms in total. The molecule has 0 aliphatic heterocycles. The molecule has 1 aromatic heterocycles.